The molecule has 0 aliphatic rings. The van der Waals surface area contributed by atoms with Gasteiger partial charge in [0.2, 0.25) is 0 Å². The number of hydrogen-bond acceptors (Lipinski definition) is 2. The van der Waals surface area contributed by atoms with Crippen molar-refractivity contribution in [2.24, 2.45) is 7.05 Å². The van der Waals surface area contributed by atoms with Gasteiger partial charge >= 0.3 is 0 Å². The molecule has 1 aromatic rings. The lowest BCUT2D eigenvalue weighted by atomic mass is 10.2. The average Bonchev–Trinajstić information content (AvgIpc) is 2.40. The highest BCUT2D eigenvalue weighted by molar-refractivity contribution is 6.18. The first-order chi connectivity index (χ1) is 5.29. The third kappa shape index (κ3) is 1.52. The van der Waals surface area contributed by atoms with Gasteiger partial charge in [0.05, 0.1) is 6.07 Å². The van der Waals surface area contributed by atoms with Crippen LogP contribution >= 0.6 is 11.6 Å². The lowest BCUT2D eigenvalue weighted by molar-refractivity contribution is 0.765. The summed E-state index contributed by atoms with van der Waals surface area (Å²) < 4.78 is 1.80. The molecule has 0 spiro atoms. The molecule has 11 heavy (non-hydrogen) atoms. The number of aryl methyl sites for hydroxylation is 1. The molecule has 0 amide bonds. The molecule has 3 nitrogen and oxygen atoms in total. The minimum atomic E-state index is -0.295. The number of hydrogen-bond donors (Lipinski definition) is 0. The van der Waals surface area contributed by atoms with Gasteiger partial charge in [-0.25, -0.2) is 4.98 Å². The van der Waals surface area contributed by atoms with Crippen LogP contribution in [0.5, 0.6) is 0 Å². The summed E-state index contributed by atoms with van der Waals surface area (Å²) >= 11 is 5.56. The molecule has 1 atom stereocenters. The molecule has 1 heterocycles. The van der Waals surface area contributed by atoms with E-state index in [1.807, 2.05) is 7.05 Å². The van der Waals surface area contributed by atoms with Crippen molar-refractivity contribution in [1.82, 2.24) is 9.55 Å². The van der Waals surface area contributed by atoms with Crippen LogP contribution in [-0.2, 0) is 7.05 Å². The van der Waals surface area contributed by atoms with Crippen LogP contribution in [-0.4, -0.2) is 15.4 Å². The van der Waals surface area contributed by atoms with Crippen molar-refractivity contribution in [3.63, 3.8) is 0 Å². The third-order valence-electron chi connectivity index (χ3n) is 1.48. The van der Waals surface area contributed by atoms with Gasteiger partial charge in [0, 0.05) is 25.3 Å². The van der Waals surface area contributed by atoms with Crippen molar-refractivity contribution >= 4 is 11.6 Å². The molecule has 0 saturated carbocycles. The lowest BCUT2D eigenvalue weighted by Gasteiger charge is -2.03. The van der Waals surface area contributed by atoms with Gasteiger partial charge < -0.3 is 4.57 Å². The summed E-state index contributed by atoms with van der Waals surface area (Å²) in [5.74, 6) is 0.723. The largest absolute Gasteiger partial charge is 0.337 e. The Hall–Kier alpha value is -1.01. The maximum atomic E-state index is 8.63. The Morgan fingerprint density at radius 3 is 3.00 bits per heavy atom. The van der Waals surface area contributed by atoms with E-state index in [1.54, 1.807) is 17.0 Å². The number of halogens is 1. The van der Waals surface area contributed by atoms with Crippen molar-refractivity contribution < 1.29 is 0 Å². The molecular weight excluding hydrogens is 162 g/mol. The van der Waals surface area contributed by atoms with Crippen molar-refractivity contribution in [3.05, 3.63) is 18.2 Å². The molecule has 1 rings (SSSR count). The van der Waals surface area contributed by atoms with E-state index in [9.17, 15) is 0 Å². The van der Waals surface area contributed by atoms with Crippen LogP contribution in [0.2, 0.25) is 0 Å². The molecule has 1 aromatic heterocycles. The van der Waals surface area contributed by atoms with Gasteiger partial charge in [-0.05, 0) is 0 Å². The smallest absolute Gasteiger partial charge is 0.127 e. The second-order valence-electron chi connectivity index (χ2n) is 2.23. The van der Waals surface area contributed by atoms with Crippen molar-refractivity contribution in [2.45, 2.75) is 5.92 Å². The van der Waals surface area contributed by atoms with E-state index in [0.717, 1.165) is 5.82 Å². The molecule has 0 fully saturated rings. The van der Waals surface area contributed by atoms with Crippen LogP contribution in [0.25, 0.3) is 0 Å². The average molecular weight is 170 g/mol. The number of imidazole rings is 1. The normalized spacial score (nSPS) is 12.5. The van der Waals surface area contributed by atoms with Crippen LogP contribution in [0, 0.1) is 11.3 Å². The van der Waals surface area contributed by atoms with Gasteiger partial charge in [0.15, 0.2) is 0 Å². The number of rotatable bonds is 2. The van der Waals surface area contributed by atoms with Gasteiger partial charge in [-0.3, -0.25) is 0 Å². The fourth-order valence-electron chi connectivity index (χ4n) is 0.874. The highest BCUT2D eigenvalue weighted by Gasteiger charge is 2.12. The fourth-order valence-corrected chi connectivity index (χ4v) is 1.08. The zero-order valence-electron chi connectivity index (χ0n) is 6.16. The molecule has 0 N–H and O–H groups in total. The predicted molar refractivity (Wildman–Crippen MR) is 42.3 cm³/mol. The van der Waals surface area contributed by atoms with Crippen LogP contribution in [0.4, 0.5) is 0 Å². The predicted octanol–water partition coefficient (Wildman–Crippen LogP) is 1.27. The molecular formula is C7H8ClN3. The Balaban J connectivity index is 2.92. The summed E-state index contributed by atoms with van der Waals surface area (Å²) in [5, 5.41) is 8.63. The Morgan fingerprint density at radius 1 is 1.91 bits per heavy atom. The van der Waals surface area contributed by atoms with Crippen molar-refractivity contribution in [2.75, 3.05) is 5.88 Å². The van der Waals surface area contributed by atoms with E-state index in [4.69, 9.17) is 16.9 Å². The van der Waals surface area contributed by atoms with Crippen molar-refractivity contribution in [1.29, 1.82) is 5.26 Å². The molecule has 1 unspecified atom stereocenters. The maximum absolute atomic E-state index is 8.63. The van der Waals surface area contributed by atoms with Crippen LogP contribution < -0.4 is 0 Å². The van der Waals surface area contributed by atoms with Crippen LogP contribution in [0.1, 0.15) is 11.7 Å². The third-order valence-corrected chi connectivity index (χ3v) is 1.79. The summed E-state index contributed by atoms with van der Waals surface area (Å²) in [6.45, 7) is 0. The van der Waals surface area contributed by atoms with E-state index in [2.05, 4.69) is 11.1 Å². The number of nitrogens with zero attached hydrogens (tertiary/aromatic N) is 3. The first-order valence-electron chi connectivity index (χ1n) is 3.22. The second-order valence-corrected chi connectivity index (χ2v) is 2.54. The lowest BCUT2D eigenvalue weighted by Crippen LogP contribution is -2.05. The summed E-state index contributed by atoms with van der Waals surface area (Å²) in [5.41, 5.74) is 0. The van der Waals surface area contributed by atoms with E-state index in [-0.39, 0.29) is 5.92 Å². The summed E-state index contributed by atoms with van der Waals surface area (Å²) in [6, 6.07) is 2.08. The molecule has 0 aliphatic carbocycles. The Kier molecular flexibility index (Phi) is 2.50. The molecule has 0 saturated heterocycles. The van der Waals surface area contributed by atoms with Crippen LogP contribution in [0.15, 0.2) is 12.4 Å². The van der Waals surface area contributed by atoms with Crippen LogP contribution in [0.3, 0.4) is 0 Å². The molecule has 58 valence electrons. The van der Waals surface area contributed by atoms with Gasteiger partial charge in [-0.2, -0.15) is 5.26 Å². The minimum Gasteiger partial charge on any atom is -0.337 e. The first kappa shape index (κ1) is 8.09. The zero-order chi connectivity index (χ0) is 8.27. The summed E-state index contributed by atoms with van der Waals surface area (Å²) in [7, 11) is 1.85. The standard InChI is InChI=1S/C7H8ClN3/c1-11-3-2-10-7(11)6(4-8)5-9/h2-3,6H,4H2,1H3. The maximum Gasteiger partial charge on any atom is 0.127 e. The number of nitriles is 1. The highest BCUT2D eigenvalue weighted by Crippen LogP contribution is 2.12. The Labute approximate surface area is 70.2 Å². The monoisotopic (exact) mass is 169 g/mol. The summed E-state index contributed by atoms with van der Waals surface area (Å²) in [6.07, 6.45) is 3.46. The quantitative estimate of drug-likeness (QED) is 0.626. The molecule has 0 radical (unpaired) electrons. The first-order valence-corrected chi connectivity index (χ1v) is 3.76. The van der Waals surface area contributed by atoms with Gasteiger partial charge in [-0.1, -0.05) is 0 Å². The second kappa shape index (κ2) is 3.40. The van der Waals surface area contributed by atoms with Gasteiger partial charge in [0.1, 0.15) is 11.7 Å². The van der Waals surface area contributed by atoms with Gasteiger partial charge in [0.25, 0.3) is 0 Å². The highest BCUT2D eigenvalue weighted by atomic mass is 35.5. The van der Waals surface area contributed by atoms with E-state index < -0.39 is 0 Å². The number of aromatic nitrogens is 2. The molecule has 0 aliphatic heterocycles. The topological polar surface area (TPSA) is 41.6 Å². The summed E-state index contributed by atoms with van der Waals surface area (Å²) in [4.78, 5) is 4.01. The van der Waals surface area contributed by atoms with E-state index in [1.165, 1.54) is 0 Å². The molecule has 4 heteroatoms. The molecule has 0 bridgehead atoms. The van der Waals surface area contributed by atoms with E-state index >= 15 is 0 Å². The Bertz CT molecular complexity index is 273. The van der Waals surface area contributed by atoms with Gasteiger partial charge in [-0.15, -0.1) is 11.6 Å². The zero-order valence-corrected chi connectivity index (χ0v) is 6.91. The SMILES string of the molecule is Cn1ccnc1C(C#N)CCl. The molecule has 0 aromatic carbocycles. The number of alkyl halides is 1. The van der Waals surface area contributed by atoms with E-state index in [0.29, 0.717) is 5.88 Å². The minimum absolute atomic E-state index is 0.293. The fraction of sp³-hybridized carbons (Fsp3) is 0.429. The Morgan fingerprint density at radius 2 is 2.64 bits per heavy atom. The van der Waals surface area contributed by atoms with Crippen molar-refractivity contribution in [3.8, 4) is 6.07 Å².